The predicted molar refractivity (Wildman–Crippen MR) is 118 cm³/mol. The van der Waals surface area contributed by atoms with E-state index in [4.69, 9.17) is 9.15 Å². The summed E-state index contributed by atoms with van der Waals surface area (Å²) in [6.07, 6.45) is 0.265. The van der Waals surface area contributed by atoms with E-state index in [2.05, 4.69) is 0 Å². The third kappa shape index (κ3) is 4.26. The molecule has 3 aromatic carbocycles. The minimum atomic E-state index is -0.536. The molecule has 30 heavy (non-hydrogen) atoms. The predicted octanol–water partition coefficient (Wildman–Crippen LogP) is 5.76. The topological polar surface area (TPSA) is 59.7 Å². The van der Waals surface area contributed by atoms with Crippen LogP contribution < -0.4 is 10.4 Å². The van der Waals surface area contributed by atoms with Crippen LogP contribution >= 0.6 is 11.8 Å². The molecule has 0 saturated carbocycles. The third-order valence-corrected chi connectivity index (χ3v) is 5.89. The van der Waals surface area contributed by atoms with Crippen molar-refractivity contribution in [2.24, 2.45) is 0 Å². The monoisotopic (exact) mass is 416 g/mol. The normalized spacial score (nSPS) is 10.7. The van der Waals surface area contributed by atoms with Crippen LogP contribution in [0.5, 0.6) is 11.5 Å². The Morgan fingerprint density at radius 1 is 0.900 bits per heavy atom. The summed E-state index contributed by atoms with van der Waals surface area (Å²) in [5, 5.41) is 10.6. The first-order valence-electron chi connectivity index (χ1n) is 9.46. The molecular weight excluding hydrogens is 396 g/mol. The van der Waals surface area contributed by atoms with Crippen molar-refractivity contribution in [3.8, 4) is 22.8 Å². The van der Waals surface area contributed by atoms with Gasteiger partial charge in [-0.1, -0.05) is 72.4 Å². The molecular formula is C25H20O4S. The van der Waals surface area contributed by atoms with Crippen molar-refractivity contribution >= 4 is 11.8 Å². The van der Waals surface area contributed by atoms with Gasteiger partial charge in [-0.15, -0.1) is 0 Å². The van der Waals surface area contributed by atoms with E-state index >= 15 is 0 Å². The molecule has 0 aliphatic heterocycles. The van der Waals surface area contributed by atoms with Crippen molar-refractivity contribution in [2.75, 3.05) is 7.11 Å². The SMILES string of the molecule is COc1ccccc1Sc1ccccc1Cc1c(O)cc(-c2ccccc2)oc1=O. The van der Waals surface area contributed by atoms with Crippen molar-refractivity contribution < 1.29 is 14.3 Å². The van der Waals surface area contributed by atoms with E-state index in [-0.39, 0.29) is 17.7 Å². The number of ether oxygens (including phenoxy) is 1. The minimum absolute atomic E-state index is 0.0674. The maximum Gasteiger partial charge on any atom is 0.343 e. The van der Waals surface area contributed by atoms with Gasteiger partial charge in [0.15, 0.2) is 0 Å². The van der Waals surface area contributed by atoms with E-state index in [0.29, 0.717) is 5.76 Å². The highest BCUT2D eigenvalue weighted by molar-refractivity contribution is 7.99. The van der Waals surface area contributed by atoms with Crippen molar-refractivity contribution in [2.45, 2.75) is 16.2 Å². The zero-order valence-electron chi connectivity index (χ0n) is 16.4. The zero-order valence-corrected chi connectivity index (χ0v) is 17.2. The largest absolute Gasteiger partial charge is 0.507 e. The van der Waals surface area contributed by atoms with Crippen LogP contribution in [0.2, 0.25) is 0 Å². The average Bonchev–Trinajstić information content (AvgIpc) is 2.78. The Hall–Kier alpha value is -3.44. The molecule has 4 aromatic rings. The summed E-state index contributed by atoms with van der Waals surface area (Å²) in [5.41, 5.74) is 1.36. The van der Waals surface area contributed by atoms with Gasteiger partial charge in [-0.3, -0.25) is 0 Å². The molecule has 1 heterocycles. The van der Waals surface area contributed by atoms with Crippen molar-refractivity contribution in [3.63, 3.8) is 0 Å². The Balaban J connectivity index is 1.66. The highest BCUT2D eigenvalue weighted by Gasteiger charge is 2.16. The van der Waals surface area contributed by atoms with E-state index in [0.717, 1.165) is 26.7 Å². The van der Waals surface area contributed by atoms with Gasteiger partial charge in [0.25, 0.3) is 0 Å². The molecule has 4 rings (SSSR count). The number of para-hydroxylation sites is 1. The quantitative estimate of drug-likeness (QED) is 0.433. The van der Waals surface area contributed by atoms with E-state index in [1.165, 1.54) is 6.07 Å². The van der Waals surface area contributed by atoms with Crippen LogP contribution in [0.15, 0.2) is 104 Å². The summed E-state index contributed by atoms with van der Waals surface area (Å²) >= 11 is 1.56. The molecule has 1 aromatic heterocycles. The van der Waals surface area contributed by atoms with Crippen molar-refractivity contribution in [3.05, 3.63) is 106 Å². The Bertz CT molecular complexity index is 1220. The summed E-state index contributed by atoms with van der Waals surface area (Å²) < 4.78 is 10.9. The fourth-order valence-electron chi connectivity index (χ4n) is 3.18. The molecule has 0 spiro atoms. The molecule has 0 saturated heterocycles. The van der Waals surface area contributed by atoms with Crippen LogP contribution in [-0.4, -0.2) is 12.2 Å². The van der Waals surface area contributed by atoms with Gasteiger partial charge in [-0.2, -0.15) is 0 Å². The van der Waals surface area contributed by atoms with Gasteiger partial charge in [0, 0.05) is 22.9 Å². The number of hydrogen-bond donors (Lipinski definition) is 1. The van der Waals surface area contributed by atoms with Crippen LogP contribution in [-0.2, 0) is 6.42 Å². The van der Waals surface area contributed by atoms with Gasteiger partial charge in [0.2, 0.25) is 0 Å². The summed E-state index contributed by atoms with van der Waals surface area (Å²) in [7, 11) is 1.64. The lowest BCUT2D eigenvalue weighted by Gasteiger charge is -2.12. The number of hydrogen-bond acceptors (Lipinski definition) is 5. The van der Waals surface area contributed by atoms with Gasteiger partial charge in [0.1, 0.15) is 17.3 Å². The number of methoxy groups -OCH3 is 1. The summed E-state index contributed by atoms with van der Waals surface area (Å²) in [4.78, 5) is 14.6. The zero-order chi connectivity index (χ0) is 20.9. The van der Waals surface area contributed by atoms with Gasteiger partial charge >= 0.3 is 5.63 Å². The lowest BCUT2D eigenvalue weighted by molar-refractivity contribution is 0.405. The van der Waals surface area contributed by atoms with E-state index in [1.54, 1.807) is 18.9 Å². The molecule has 0 unspecified atom stereocenters. The van der Waals surface area contributed by atoms with E-state index in [9.17, 15) is 9.90 Å². The van der Waals surface area contributed by atoms with Gasteiger partial charge in [0.05, 0.1) is 17.6 Å². The lowest BCUT2D eigenvalue weighted by Crippen LogP contribution is -2.09. The summed E-state index contributed by atoms with van der Waals surface area (Å²) in [6, 6.07) is 26.3. The Morgan fingerprint density at radius 2 is 1.57 bits per heavy atom. The summed E-state index contributed by atoms with van der Waals surface area (Å²) in [6.45, 7) is 0. The van der Waals surface area contributed by atoms with Crippen LogP contribution in [0, 0.1) is 0 Å². The summed E-state index contributed by atoms with van der Waals surface area (Å²) in [5.74, 6) is 1.06. The van der Waals surface area contributed by atoms with Gasteiger partial charge < -0.3 is 14.3 Å². The number of aromatic hydroxyl groups is 1. The Kier molecular flexibility index (Phi) is 5.91. The average molecular weight is 416 g/mol. The second-order valence-electron chi connectivity index (χ2n) is 6.67. The molecule has 0 atom stereocenters. The van der Waals surface area contributed by atoms with Gasteiger partial charge in [-0.05, 0) is 23.8 Å². The molecule has 0 fully saturated rings. The highest BCUT2D eigenvalue weighted by atomic mass is 32.2. The van der Waals surface area contributed by atoms with Crippen molar-refractivity contribution in [1.82, 2.24) is 0 Å². The van der Waals surface area contributed by atoms with Gasteiger partial charge in [-0.25, -0.2) is 4.79 Å². The fraction of sp³-hybridized carbons (Fsp3) is 0.0800. The van der Waals surface area contributed by atoms with Crippen LogP contribution in [0.1, 0.15) is 11.1 Å². The Morgan fingerprint density at radius 3 is 2.30 bits per heavy atom. The molecule has 5 heteroatoms. The smallest absolute Gasteiger partial charge is 0.343 e. The van der Waals surface area contributed by atoms with Crippen LogP contribution in [0.4, 0.5) is 0 Å². The molecule has 4 nitrogen and oxygen atoms in total. The third-order valence-electron chi connectivity index (χ3n) is 4.71. The molecule has 0 aliphatic rings. The second-order valence-corrected chi connectivity index (χ2v) is 7.75. The first kappa shape index (κ1) is 19.9. The molecule has 0 amide bonds. The first-order chi connectivity index (χ1) is 14.7. The maximum atomic E-state index is 12.7. The van der Waals surface area contributed by atoms with Crippen LogP contribution in [0.3, 0.4) is 0 Å². The molecule has 150 valence electrons. The lowest BCUT2D eigenvalue weighted by atomic mass is 10.0. The molecule has 0 aliphatic carbocycles. The van der Waals surface area contributed by atoms with Crippen LogP contribution in [0.25, 0.3) is 11.3 Å². The maximum absolute atomic E-state index is 12.7. The molecule has 1 N–H and O–H groups in total. The first-order valence-corrected chi connectivity index (χ1v) is 10.3. The highest BCUT2D eigenvalue weighted by Crippen LogP contribution is 2.37. The standard InChI is InChI=1S/C25H20O4S/c1-28-21-12-6-8-14-24(21)30-23-13-7-5-11-18(23)15-19-20(26)16-22(29-25(19)27)17-9-3-2-4-10-17/h2-14,16,26H,15H2,1H3. The molecule has 0 radical (unpaired) electrons. The number of benzene rings is 3. The van der Waals surface area contributed by atoms with Crippen molar-refractivity contribution in [1.29, 1.82) is 0 Å². The minimum Gasteiger partial charge on any atom is -0.507 e. The van der Waals surface area contributed by atoms with E-state index < -0.39 is 5.63 Å². The second kappa shape index (κ2) is 8.93. The Labute approximate surface area is 178 Å². The van der Waals surface area contributed by atoms with E-state index in [1.807, 2.05) is 78.9 Å². The number of rotatable bonds is 6. The molecule has 0 bridgehead atoms. The fourth-order valence-corrected chi connectivity index (χ4v) is 4.23.